The summed E-state index contributed by atoms with van der Waals surface area (Å²) >= 11 is 0. The van der Waals surface area contributed by atoms with E-state index in [0.717, 1.165) is 56.0 Å². The quantitative estimate of drug-likeness (QED) is 0.718. The highest BCUT2D eigenvalue weighted by molar-refractivity contribution is 5.99. The zero-order chi connectivity index (χ0) is 19.6. The number of H-pyrrole nitrogens is 1. The van der Waals surface area contributed by atoms with Gasteiger partial charge in [0, 0.05) is 48.0 Å². The summed E-state index contributed by atoms with van der Waals surface area (Å²) in [5.41, 5.74) is 5.64. The van der Waals surface area contributed by atoms with Crippen molar-refractivity contribution in [3.05, 3.63) is 58.9 Å². The summed E-state index contributed by atoms with van der Waals surface area (Å²) in [4.78, 5) is 23.0. The Labute approximate surface area is 170 Å². The fourth-order valence-corrected chi connectivity index (χ4v) is 4.37. The molecule has 1 aromatic carbocycles. The van der Waals surface area contributed by atoms with Crippen LogP contribution in [0.4, 0.5) is 5.82 Å². The van der Waals surface area contributed by atoms with E-state index in [0.29, 0.717) is 12.1 Å². The topological polar surface area (TPSA) is 70.2 Å². The summed E-state index contributed by atoms with van der Waals surface area (Å²) in [6.45, 7) is 3.65. The van der Waals surface area contributed by atoms with E-state index < -0.39 is 0 Å². The third-order valence-corrected chi connectivity index (χ3v) is 5.96. The molecule has 5 rings (SSSR count). The number of amides is 1. The fraction of sp³-hybridized carbons (Fsp3) is 0.391. The van der Waals surface area contributed by atoms with E-state index in [9.17, 15) is 4.79 Å². The number of pyridine rings is 1. The zero-order valence-electron chi connectivity index (χ0n) is 16.5. The molecule has 0 saturated carbocycles. The van der Waals surface area contributed by atoms with Gasteiger partial charge >= 0.3 is 0 Å². The molecule has 0 unspecified atom stereocenters. The Morgan fingerprint density at radius 1 is 1.14 bits per heavy atom. The number of aryl methyl sites for hydroxylation is 2. The van der Waals surface area contributed by atoms with Gasteiger partial charge in [-0.05, 0) is 67.1 Å². The van der Waals surface area contributed by atoms with E-state index in [1.807, 2.05) is 30.5 Å². The van der Waals surface area contributed by atoms with Crippen LogP contribution in [-0.2, 0) is 24.1 Å². The highest BCUT2D eigenvalue weighted by Crippen LogP contribution is 2.29. The standard InChI is InChI=1S/C23H26N4O2/c28-23(17-5-6-21-19(14-17)18-3-1-2-4-20(18)26-21)25-15-16-7-8-24-22(13-16)27-9-11-29-12-10-27/h5-8,13-14,26H,1-4,9-12,15H2,(H,25,28). The first-order valence-electron chi connectivity index (χ1n) is 10.5. The normalized spacial score (nSPS) is 16.6. The zero-order valence-corrected chi connectivity index (χ0v) is 16.5. The number of carbonyl (C=O) groups is 1. The van der Waals surface area contributed by atoms with Crippen LogP contribution in [0.15, 0.2) is 36.5 Å². The van der Waals surface area contributed by atoms with Gasteiger partial charge in [0.1, 0.15) is 5.82 Å². The second-order valence-corrected chi connectivity index (χ2v) is 7.85. The molecule has 1 amide bonds. The predicted molar refractivity (Wildman–Crippen MR) is 113 cm³/mol. The number of morpholine rings is 1. The number of nitrogens with zero attached hydrogens (tertiary/aromatic N) is 2. The van der Waals surface area contributed by atoms with Crippen LogP contribution >= 0.6 is 0 Å². The molecule has 1 aliphatic heterocycles. The average molecular weight is 390 g/mol. The average Bonchev–Trinajstić information content (AvgIpc) is 3.16. The fourth-order valence-electron chi connectivity index (χ4n) is 4.37. The molecule has 6 nitrogen and oxygen atoms in total. The van der Waals surface area contributed by atoms with Crippen molar-refractivity contribution in [2.45, 2.75) is 32.2 Å². The first-order chi connectivity index (χ1) is 14.3. The number of aromatic nitrogens is 2. The van der Waals surface area contributed by atoms with Crippen molar-refractivity contribution in [2.75, 3.05) is 31.2 Å². The molecule has 1 saturated heterocycles. The summed E-state index contributed by atoms with van der Waals surface area (Å²) in [7, 11) is 0. The molecule has 150 valence electrons. The summed E-state index contributed by atoms with van der Waals surface area (Å²) in [5.74, 6) is 0.905. The van der Waals surface area contributed by atoms with Crippen LogP contribution in [0.25, 0.3) is 10.9 Å². The van der Waals surface area contributed by atoms with E-state index in [1.165, 1.54) is 29.5 Å². The van der Waals surface area contributed by atoms with Crippen LogP contribution in [-0.4, -0.2) is 42.2 Å². The van der Waals surface area contributed by atoms with Crippen LogP contribution in [0.2, 0.25) is 0 Å². The van der Waals surface area contributed by atoms with Crippen LogP contribution in [0.1, 0.15) is 40.0 Å². The summed E-state index contributed by atoms with van der Waals surface area (Å²) in [5, 5.41) is 4.26. The molecule has 6 heteroatoms. The molecule has 0 bridgehead atoms. The number of nitrogens with one attached hydrogen (secondary N) is 2. The minimum atomic E-state index is -0.0394. The molecule has 2 aromatic heterocycles. The largest absolute Gasteiger partial charge is 0.378 e. The van der Waals surface area contributed by atoms with Gasteiger partial charge < -0.3 is 19.9 Å². The van der Waals surface area contributed by atoms with Gasteiger partial charge in [0.05, 0.1) is 13.2 Å². The lowest BCUT2D eigenvalue weighted by molar-refractivity contribution is 0.0951. The number of aromatic amines is 1. The second kappa shape index (κ2) is 7.87. The van der Waals surface area contributed by atoms with Crippen molar-refractivity contribution in [3.8, 4) is 0 Å². The van der Waals surface area contributed by atoms with Crippen molar-refractivity contribution < 1.29 is 9.53 Å². The smallest absolute Gasteiger partial charge is 0.251 e. The summed E-state index contributed by atoms with van der Waals surface area (Å²) in [6.07, 6.45) is 6.49. The molecule has 2 N–H and O–H groups in total. The Morgan fingerprint density at radius 3 is 2.90 bits per heavy atom. The van der Waals surface area contributed by atoms with Gasteiger partial charge in [-0.3, -0.25) is 4.79 Å². The van der Waals surface area contributed by atoms with E-state index in [1.54, 1.807) is 0 Å². The number of carbonyl (C=O) groups excluding carboxylic acids is 1. The molecule has 3 aromatic rings. The van der Waals surface area contributed by atoms with E-state index in [4.69, 9.17) is 4.74 Å². The maximum atomic E-state index is 12.8. The Balaban J connectivity index is 1.29. The highest BCUT2D eigenvalue weighted by atomic mass is 16.5. The first-order valence-corrected chi connectivity index (χ1v) is 10.5. The Kier molecular flexibility index (Phi) is 4.94. The van der Waals surface area contributed by atoms with Gasteiger partial charge in [-0.1, -0.05) is 0 Å². The van der Waals surface area contributed by atoms with Crippen molar-refractivity contribution in [3.63, 3.8) is 0 Å². The molecule has 0 atom stereocenters. The number of rotatable bonds is 4. The summed E-state index contributed by atoms with van der Waals surface area (Å²) in [6, 6.07) is 9.99. The molecule has 2 aliphatic rings. The van der Waals surface area contributed by atoms with Gasteiger partial charge in [0.15, 0.2) is 0 Å². The number of anilines is 1. The van der Waals surface area contributed by atoms with Crippen LogP contribution in [0, 0.1) is 0 Å². The monoisotopic (exact) mass is 390 g/mol. The lowest BCUT2D eigenvalue weighted by Gasteiger charge is -2.28. The van der Waals surface area contributed by atoms with E-state index in [-0.39, 0.29) is 5.91 Å². The molecule has 0 radical (unpaired) electrons. The number of ether oxygens (including phenoxy) is 1. The van der Waals surface area contributed by atoms with Gasteiger partial charge in [0.25, 0.3) is 5.91 Å². The molecular formula is C23H26N4O2. The van der Waals surface area contributed by atoms with Gasteiger partial charge in [-0.15, -0.1) is 0 Å². The molecule has 1 aliphatic carbocycles. The van der Waals surface area contributed by atoms with Gasteiger partial charge in [-0.25, -0.2) is 4.98 Å². The highest BCUT2D eigenvalue weighted by Gasteiger charge is 2.17. The second-order valence-electron chi connectivity index (χ2n) is 7.85. The lowest BCUT2D eigenvalue weighted by atomic mass is 9.95. The third-order valence-electron chi connectivity index (χ3n) is 5.96. The minimum absolute atomic E-state index is 0.0394. The minimum Gasteiger partial charge on any atom is -0.378 e. The van der Waals surface area contributed by atoms with E-state index >= 15 is 0 Å². The van der Waals surface area contributed by atoms with Crippen molar-refractivity contribution in [2.24, 2.45) is 0 Å². The lowest BCUT2D eigenvalue weighted by Crippen LogP contribution is -2.36. The number of fused-ring (bicyclic) bond motifs is 3. The molecule has 0 spiro atoms. The van der Waals surface area contributed by atoms with Gasteiger partial charge in [-0.2, -0.15) is 0 Å². The van der Waals surface area contributed by atoms with Crippen LogP contribution in [0.3, 0.4) is 0 Å². The van der Waals surface area contributed by atoms with E-state index in [2.05, 4.69) is 26.3 Å². The van der Waals surface area contributed by atoms with Crippen molar-refractivity contribution in [1.82, 2.24) is 15.3 Å². The molecule has 29 heavy (non-hydrogen) atoms. The number of hydrogen-bond acceptors (Lipinski definition) is 4. The van der Waals surface area contributed by atoms with Crippen molar-refractivity contribution in [1.29, 1.82) is 0 Å². The Hall–Kier alpha value is -2.86. The van der Waals surface area contributed by atoms with Crippen LogP contribution < -0.4 is 10.2 Å². The van der Waals surface area contributed by atoms with Gasteiger partial charge in [0.2, 0.25) is 0 Å². The maximum Gasteiger partial charge on any atom is 0.251 e. The maximum absolute atomic E-state index is 12.8. The SMILES string of the molecule is O=C(NCc1ccnc(N2CCOCC2)c1)c1ccc2[nH]c3c(c2c1)CCCC3. The third kappa shape index (κ3) is 3.72. The Bertz CT molecular complexity index is 1040. The number of benzene rings is 1. The predicted octanol–water partition coefficient (Wildman–Crippen LogP) is 3.21. The molecular weight excluding hydrogens is 364 g/mol. The van der Waals surface area contributed by atoms with Crippen LogP contribution in [0.5, 0.6) is 0 Å². The Morgan fingerprint density at radius 2 is 2.00 bits per heavy atom. The first kappa shape index (κ1) is 18.2. The number of hydrogen-bond donors (Lipinski definition) is 2. The summed E-state index contributed by atoms with van der Waals surface area (Å²) < 4.78 is 5.41. The van der Waals surface area contributed by atoms with Crippen molar-refractivity contribution >= 4 is 22.6 Å². The molecule has 3 heterocycles. The molecule has 1 fully saturated rings.